The Morgan fingerprint density at radius 3 is 2.04 bits per heavy atom. The predicted octanol–water partition coefficient (Wildman–Crippen LogP) is 0.732. The van der Waals surface area contributed by atoms with E-state index in [0.717, 1.165) is 69.6 Å². The quantitative estimate of drug-likeness (QED) is 0.756. The number of nitrogens with one attached hydrogen (secondary N) is 3. The van der Waals surface area contributed by atoms with Crippen LogP contribution in [0, 0.1) is 0 Å². The number of anilines is 1. The summed E-state index contributed by atoms with van der Waals surface area (Å²) in [7, 11) is 0. The van der Waals surface area contributed by atoms with Gasteiger partial charge in [0.1, 0.15) is 5.82 Å². The summed E-state index contributed by atoms with van der Waals surface area (Å²) in [4.78, 5) is 11.6. The first-order valence-corrected chi connectivity index (χ1v) is 8.69. The fourth-order valence-corrected chi connectivity index (χ4v) is 2.75. The third-order valence-electron chi connectivity index (χ3n) is 4.06. The van der Waals surface area contributed by atoms with Crippen LogP contribution >= 0.6 is 0 Å². The molecule has 0 amide bonds. The normalized spacial score (nSPS) is 17.8. The van der Waals surface area contributed by atoms with Crippen LogP contribution < -0.4 is 20.9 Å². The molecule has 1 fully saturated rings. The Morgan fingerprint density at radius 2 is 1.38 bits per heavy atom. The molecule has 0 spiro atoms. The van der Waals surface area contributed by atoms with Crippen LogP contribution in [0.1, 0.15) is 0 Å². The van der Waals surface area contributed by atoms with Crippen LogP contribution in [0.2, 0.25) is 0 Å². The molecule has 0 aromatic carbocycles. The molecule has 1 aliphatic rings. The van der Waals surface area contributed by atoms with Crippen molar-refractivity contribution in [3.63, 3.8) is 0 Å². The van der Waals surface area contributed by atoms with Crippen LogP contribution in [-0.4, -0.2) is 62.3 Å². The molecular formula is C18H26N6. The standard InChI is InChI=1S/C18H26N6/c1-2-7-22-16(4-1)17-5-3-6-18(23-17)24-14-12-20-10-8-19-9-11-21-13-15-24/h1-7,19-21H,8-15H2. The second-order valence-electron chi connectivity index (χ2n) is 5.83. The number of hydrogen-bond donors (Lipinski definition) is 3. The zero-order valence-electron chi connectivity index (χ0n) is 14.0. The molecule has 0 atom stereocenters. The Kier molecular flexibility index (Phi) is 6.53. The zero-order chi connectivity index (χ0) is 16.5. The first-order valence-electron chi connectivity index (χ1n) is 8.69. The molecule has 6 heteroatoms. The van der Waals surface area contributed by atoms with Gasteiger partial charge in [-0.1, -0.05) is 12.1 Å². The van der Waals surface area contributed by atoms with E-state index in [-0.39, 0.29) is 0 Å². The van der Waals surface area contributed by atoms with Crippen LogP contribution in [0.25, 0.3) is 11.4 Å². The molecule has 128 valence electrons. The summed E-state index contributed by atoms with van der Waals surface area (Å²) in [6, 6.07) is 12.1. The highest BCUT2D eigenvalue weighted by molar-refractivity contribution is 5.57. The molecule has 0 aliphatic carbocycles. The molecule has 2 aromatic rings. The lowest BCUT2D eigenvalue weighted by Gasteiger charge is -2.25. The molecule has 3 heterocycles. The molecule has 6 nitrogen and oxygen atoms in total. The van der Waals surface area contributed by atoms with E-state index >= 15 is 0 Å². The van der Waals surface area contributed by atoms with Crippen molar-refractivity contribution in [1.82, 2.24) is 25.9 Å². The molecule has 1 saturated heterocycles. The molecule has 0 saturated carbocycles. The Balaban J connectivity index is 1.72. The summed E-state index contributed by atoms with van der Waals surface area (Å²) in [6.07, 6.45) is 1.81. The van der Waals surface area contributed by atoms with E-state index in [0.29, 0.717) is 0 Å². The summed E-state index contributed by atoms with van der Waals surface area (Å²) in [5.41, 5.74) is 1.83. The van der Waals surface area contributed by atoms with E-state index in [9.17, 15) is 0 Å². The van der Waals surface area contributed by atoms with E-state index in [4.69, 9.17) is 4.98 Å². The average molecular weight is 326 g/mol. The SMILES string of the molecule is c1ccc(-c2cccc(N3CCNCCNCCNCC3)n2)nc1. The van der Waals surface area contributed by atoms with Gasteiger partial charge < -0.3 is 20.9 Å². The average Bonchev–Trinajstić information content (AvgIpc) is 2.63. The van der Waals surface area contributed by atoms with Crippen molar-refractivity contribution >= 4 is 5.82 Å². The summed E-state index contributed by atoms with van der Waals surface area (Å²) < 4.78 is 0. The van der Waals surface area contributed by atoms with Gasteiger partial charge in [-0.3, -0.25) is 4.98 Å². The molecule has 1 aliphatic heterocycles. The van der Waals surface area contributed by atoms with E-state index in [2.05, 4.69) is 38.0 Å². The molecule has 0 radical (unpaired) electrons. The summed E-state index contributed by atoms with van der Waals surface area (Å²) in [5.74, 6) is 1.01. The van der Waals surface area contributed by atoms with E-state index in [1.807, 2.05) is 30.5 Å². The maximum absolute atomic E-state index is 4.83. The number of pyridine rings is 2. The third kappa shape index (κ3) is 4.99. The maximum Gasteiger partial charge on any atom is 0.129 e. The second kappa shape index (κ2) is 9.32. The Morgan fingerprint density at radius 1 is 0.708 bits per heavy atom. The molecule has 3 N–H and O–H groups in total. The number of nitrogens with zero attached hydrogens (tertiary/aromatic N) is 3. The van der Waals surface area contributed by atoms with Gasteiger partial charge >= 0.3 is 0 Å². The van der Waals surface area contributed by atoms with E-state index in [1.54, 1.807) is 0 Å². The predicted molar refractivity (Wildman–Crippen MR) is 98.3 cm³/mol. The van der Waals surface area contributed by atoms with E-state index < -0.39 is 0 Å². The molecular weight excluding hydrogens is 300 g/mol. The molecule has 3 rings (SSSR count). The zero-order valence-corrected chi connectivity index (χ0v) is 14.0. The van der Waals surface area contributed by atoms with Gasteiger partial charge in [-0.25, -0.2) is 4.98 Å². The maximum atomic E-state index is 4.83. The summed E-state index contributed by atoms with van der Waals surface area (Å²) in [6.45, 7) is 7.81. The molecule has 0 bridgehead atoms. The highest BCUT2D eigenvalue weighted by Gasteiger charge is 2.10. The van der Waals surface area contributed by atoms with Crippen LogP contribution in [0.15, 0.2) is 42.6 Å². The van der Waals surface area contributed by atoms with Gasteiger partial charge in [0.15, 0.2) is 0 Å². The lowest BCUT2D eigenvalue weighted by atomic mass is 10.2. The van der Waals surface area contributed by atoms with Crippen molar-refractivity contribution in [1.29, 1.82) is 0 Å². The first kappa shape index (κ1) is 16.8. The Labute approximate surface area is 143 Å². The minimum atomic E-state index is 0.913. The van der Waals surface area contributed by atoms with Crippen molar-refractivity contribution in [3.8, 4) is 11.4 Å². The number of aromatic nitrogens is 2. The molecule has 24 heavy (non-hydrogen) atoms. The van der Waals surface area contributed by atoms with Gasteiger partial charge in [-0.15, -0.1) is 0 Å². The molecule has 2 aromatic heterocycles. The van der Waals surface area contributed by atoms with E-state index in [1.165, 1.54) is 0 Å². The fourth-order valence-electron chi connectivity index (χ4n) is 2.75. The highest BCUT2D eigenvalue weighted by atomic mass is 15.2. The Bertz CT molecular complexity index is 591. The minimum absolute atomic E-state index is 0.913. The summed E-state index contributed by atoms with van der Waals surface area (Å²) >= 11 is 0. The number of hydrogen-bond acceptors (Lipinski definition) is 6. The smallest absolute Gasteiger partial charge is 0.129 e. The van der Waals surface area contributed by atoms with Crippen molar-refractivity contribution in [2.45, 2.75) is 0 Å². The number of rotatable bonds is 2. The fraction of sp³-hybridized carbons (Fsp3) is 0.444. The van der Waals surface area contributed by atoms with Gasteiger partial charge in [-0.2, -0.15) is 0 Å². The van der Waals surface area contributed by atoms with Gasteiger partial charge in [-0.05, 0) is 24.3 Å². The second-order valence-corrected chi connectivity index (χ2v) is 5.83. The van der Waals surface area contributed by atoms with Gasteiger partial charge in [0.2, 0.25) is 0 Å². The lowest BCUT2D eigenvalue weighted by Crippen LogP contribution is -2.42. The molecule has 0 unspecified atom stereocenters. The van der Waals surface area contributed by atoms with Crippen LogP contribution in [0.3, 0.4) is 0 Å². The van der Waals surface area contributed by atoms with Gasteiger partial charge in [0.25, 0.3) is 0 Å². The highest BCUT2D eigenvalue weighted by Crippen LogP contribution is 2.18. The lowest BCUT2D eigenvalue weighted by molar-refractivity contribution is 0.556. The first-order chi connectivity index (χ1) is 11.9. The van der Waals surface area contributed by atoms with Crippen LogP contribution in [-0.2, 0) is 0 Å². The Hall–Kier alpha value is -2.02. The monoisotopic (exact) mass is 326 g/mol. The topological polar surface area (TPSA) is 65.1 Å². The van der Waals surface area contributed by atoms with Crippen molar-refractivity contribution in [2.75, 3.05) is 57.3 Å². The minimum Gasteiger partial charge on any atom is -0.354 e. The van der Waals surface area contributed by atoms with Crippen LogP contribution in [0.4, 0.5) is 5.82 Å². The van der Waals surface area contributed by atoms with Gasteiger partial charge in [0.05, 0.1) is 11.4 Å². The van der Waals surface area contributed by atoms with Crippen molar-refractivity contribution in [2.24, 2.45) is 0 Å². The largest absolute Gasteiger partial charge is 0.354 e. The van der Waals surface area contributed by atoms with Crippen molar-refractivity contribution < 1.29 is 0 Å². The van der Waals surface area contributed by atoms with Crippen molar-refractivity contribution in [3.05, 3.63) is 42.6 Å². The third-order valence-corrected chi connectivity index (χ3v) is 4.06. The summed E-state index contributed by atoms with van der Waals surface area (Å²) in [5, 5.41) is 10.4. The van der Waals surface area contributed by atoms with Gasteiger partial charge in [0, 0.05) is 58.6 Å². The van der Waals surface area contributed by atoms with Crippen LogP contribution in [0.5, 0.6) is 0 Å².